The quantitative estimate of drug-likeness (QED) is 0.235. The number of alkyl halides is 1. The topological polar surface area (TPSA) is 34.1 Å². The first-order valence-electron chi connectivity index (χ1n) is 4.47. The molecule has 1 rings (SSSR count). The molecule has 0 aliphatic carbocycles. The molecular weight excluding hydrogens is 267 g/mol. The molecule has 12 heavy (non-hydrogen) atoms. The van der Waals surface area contributed by atoms with Crippen molar-refractivity contribution in [1.82, 2.24) is 0 Å². The Morgan fingerprint density at radius 1 is 0.917 bits per heavy atom. The number of carbonyl (C=O) groups excluding carboxylic acids is 2. The van der Waals surface area contributed by atoms with Gasteiger partial charge in [-0.2, -0.15) is 0 Å². The summed E-state index contributed by atoms with van der Waals surface area (Å²) in [6, 6.07) is 0. The number of ketones is 1. The van der Waals surface area contributed by atoms with Crippen LogP contribution in [0.3, 0.4) is 0 Å². The minimum absolute atomic E-state index is 0.0318. The van der Waals surface area contributed by atoms with Crippen LogP contribution < -0.4 is 21.2 Å². The van der Waals surface area contributed by atoms with E-state index in [0.717, 1.165) is 23.7 Å². The van der Waals surface area contributed by atoms with E-state index in [1.54, 1.807) is 0 Å². The second-order valence-corrected chi connectivity index (χ2v) is 5.86. The zero-order valence-corrected chi connectivity index (χ0v) is 9.30. The van der Waals surface area contributed by atoms with E-state index in [4.69, 9.17) is 0 Å². The molecule has 0 aromatic rings. The Labute approximate surface area is 83.4 Å². The van der Waals surface area contributed by atoms with Gasteiger partial charge in [-0.3, -0.25) is 0 Å². The van der Waals surface area contributed by atoms with Gasteiger partial charge in [-0.15, -0.1) is 0 Å². The summed E-state index contributed by atoms with van der Waals surface area (Å²) >= 11 is -0.452. The molecule has 1 fully saturated rings. The van der Waals surface area contributed by atoms with Gasteiger partial charge in [0.25, 0.3) is 0 Å². The van der Waals surface area contributed by atoms with Crippen LogP contribution in [0.15, 0.2) is 0 Å². The molecule has 2 nitrogen and oxygen atoms in total. The van der Waals surface area contributed by atoms with Crippen molar-refractivity contribution in [3.8, 4) is 0 Å². The molecule has 1 saturated heterocycles. The summed E-state index contributed by atoms with van der Waals surface area (Å²) in [6.07, 6.45) is 6.21. The molecule has 1 heterocycles. The third-order valence-electron chi connectivity index (χ3n) is 1.97. The summed E-state index contributed by atoms with van der Waals surface area (Å²) in [5.41, 5.74) is 0. The van der Waals surface area contributed by atoms with Crippen LogP contribution in [0.25, 0.3) is 0 Å². The number of halogens is 1. The first kappa shape index (κ1) is 10.2. The summed E-state index contributed by atoms with van der Waals surface area (Å²) in [5.74, 6) is -0.0929. The van der Waals surface area contributed by atoms with Gasteiger partial charge >= 0.3 is 83.3 Å². The molecule has 0 saturated carbocycles. The Kier molecular flexibility index (Phi) is 4.80. The zero-order chi connectivity index (χ0) is 8.81. The summed E-state index contributed by atoms with van der Waals surface area (Å²) in [4.78, 5) is 22.2. The average molecular weight is 281 g/mol. The summed E-state index contributed by atoms with van der Waals surface area (Å²) in [6.45, 7) is 0. The van der Waals surface area contributed by atoms with Crippen molar-refractivity contribution in [3.63, 3.8) is 0 Å². The summed E-state index contributed by atoms with van der Waals surface area (Å²) in [7, 11) is 0. The maximum atomic E-state index is 11.1. The number of hydrogen-bond acceptors (Lipinski definition) is 2. The van der Waals surface area contributed by atoms with Gasteiger partial charge in [0.05, 0.1) is 0 Å². The first-order chi connectivity index (χ1) is 5.80. The van der Waals surface area contributed by atoms with Crippen LogP contribution in [0.4, 0.5) is 0 Å². The van der Waals surface area contributed by atoms with Gasteiger partial charge in [-0.05, 0) is 0 Å². The maximum absolute atomic E-state index is 11.1. The molecule has 0 radical (unpaired) electrons. The molecule has 1 aliphatic heterocycles. The van der Waals surface area contributed by atoms with E-state index < -0.39 is 21.2 Å². The molecule has 70 valence electrons. The predicted octanol–water partition coefficient (Wildman–Crippen LogP) is -1.47. The van der Waals surface area contributed by atoms with E-state index in [2.05, 4.69) is 0 Å². The van der Waals surface area contributed by atoms with Gasteiger partial charge < -0.3 is 0 Å². The molecule has 0 unspecified atom stereocenters. The van der Waals surface area contributed by atoms with Crippen molar-refractivity contribution < 1.29 is 30.8 Å². The molecule has 0 aromatic heterocycles. The van der Waals surface area contributed by atoms with Crippen molar-refractivity contribution in [2.45, 2.75) is 38.5 Å². The van der Waals surface area contributed by atoms with Crippen LogP contribution in [0.2, 0.25) is 0 Å². The van der Waals surface area contributed by atoms with Gasteiger partial charge in [-0.25, -0.2) is 0 Å². The van der Waals surface area contributed by atoms with E-state index in [1.807, 2.05) is 0 Å². The van der Waals surface area contributed by atoms with E-state index >= 15 is 0 Å². The van der Waals surface area contributed by atoms with Gasteiger partial charge in [0.15, 0.2) is 0 Å². The fraction of sp³-hybridized carbons (Fsp3) is 0.778. The average Bonchev–Trinajstić information content (AvgIpc) is 2.08. The van der Waals surface area contributed by atoms with E-state index in [9.17, 15) is 9.59 Å². The van der Waals surface area contributed by atoms with Crippen LogP contribution in [0.1, 0.15) is 38.5 Å². The van der Waals surface area contributed by atoms with E-state index in [0.29, 0.717) is 6.42 Å². The Hall–Kier alpha value is 0.0700. The minimum atomic E-state index is -0.452. The molecule has 0 bridgehead atoms. The Balaban J connectivity index is 2.36. The fourth-order valence-electron chi connectivity index (χ4n) is 1.24. The fourth-order valence-corrected chi connectivity index (χ4v) is 3.34. The predicted molar refractivity (Wildman–Crippen MR) is 42.6 cm³/mol. The number of carbonyl (C=O) groups is 2. The van der Waals surface area contributed by atoms with Crippen LogP contribution in [0.5, 0.6) is 0 Å². The van der Waals surface area contributed by atoms with Gasteiger partial charge in [0.2, 0.25) is 0 Å². The molecule has 0 aromatic carbocycles. The van der Waals surface area contributed by atoms with Crippen molar-refractivity contribution >= 4 is 9.57 Å². The van der Waals surface area contributed by atoms with Crippen molar-refractivity contribution in [1.29, 1.82) is 0 Å². The molecule has 1 aliphatic rings. The van der Waals surface area contributed by atoms with E-state index in [-0.39, 0.29) is 9.57 Å². The normalized spacial score (nSPS) is 23.0. The summed E-state index contributed by atoms with van der Waals surface area (Å²) < 4.78 is 0.986. The second kappa shape index (κ2) is 5.67. The number of hydrogen-bond donors (Lipinski definition) is 0. The van der Waals surface area contributed by atoms with Crippen LogP contribution in [-0.4, -0.2) is 14.0 Å². The Bertz CT molecular complexity index is 157. The summed E-state index contributed by atoms with van der Waals surface area (Å²) in [5, 5.41) is 0. The Morgan fingerprint density at radius 3 is 2.42 bits per heavy atom. The van der Waals surface area contributed by atoms with Crippen molar-refractivity contribution in [2.75, 3.05) is 4.43 Å². The third kappa shape index (κ3) is 3.65. The van der Waals surface area contributed by atoms with Gasteiger partial charge in [0, 0.05) is 0 Å². The Morgan fingerprint density at radius 2 is 1.58 bits per heavy atom. The molecule has 3 heteroatoms. The van der Waals surface area contributed by atoms with Gasteiger partial charge in [0.1, 0.15) is 0 Å². The molecule has 0 spiro atoms. The van der Waals surface area contributed by atoms with Crippen LogP contribution >= 0.6 is 0 Å². The van der Waals surface area contributed by atoms with Crippen molar-refractivity contribution in [2.24, 2.45) is 0 Å². The van der Waals surface area contributed by atoms with Gasteiger partial charge in [-0.1, -0.05) is 0 Å². The molecule has 0 atom stereocenters. The second-order valence-electron chi connectivity index (χ2n) is 3.04. The zero-order valence-electron chi connectivity index (χ0n) is 7.14. The standard InChI is InChI=1S/C9H14IO2/c11-8-6-4-2-1-3-5-7-10-9(8)12/h1-7H2/q-1. The molecule has 0 amide bonds. The number of rotatable bonds is 0. The van der Waals surface area contributed by atoms with Crippen molar-refractivity contribution in [3.05, 3.63) is 0 Å². The first-order valence-corrected chi connectivity index (χ1v) is 7.07. The third-order valence-corrected chi connectivity index (χ3v) is 4.57. The monoisotopic (exact) mass is 281 g/mol. The van der Waals surface area contributed by atoms with E-state index in [1.165, 1.54) is 12.8 Å². The molecular formula is C9H14IO2-. The van der Waals surface area contributed by atoms with Crippen LogP contribution in [0, 0.1) is 0 Å². The number of Topliss-reactive ketones (excluding diaryl/α,β-unsaturated/α-hetero) is 1. The SMILES string of the molecule is O=C1CCCCCCC[I-]C1=O. The molecule has 0 N–H and O–H groups in total. The van der Waals surface area contributed by atoms with Crippen LogP contribution in [-0.2, 0) is 9.59 Å².